The summed E-state index contributed by atoms with van der Waals surface area (Å²) in [5, 5.41) is 3.18. The van der Waals surface area contributed by atoms with E-state index in [2.05, 4.69) is 5.32 Å². The van der Waals surface area contributed by atoms with E-state index in [4.69, 9.17) is 0 Å². The van der Waals surface area contributed by atoms with Gasteiger partial charge >= 0.3 is 0 Å². The zero-order chi connectivity index (χ0) is 13.0. The number of fused-ring (bicyclic) bond motifs is 1. The second-order valence-corrected chi connectivity index (χ2v) is 7.58. The molecule has 0 aromatic carbocycles. The molecule has 2 fully saturated rings. The Balaban J connectivity index is 1.89. The van der Waals surface area contributed by atoms with Crippen LogP contribution in [0.3, 0.4) is 0 Å². The summed E-state index contributed by atoms with van der Waals surface area (Å²) in [6, 6.07) is 0.322. The zero-order valence-corrected chi connectivity index (χ0v) is 12.2. The smallest absolute Gasteiger partial charge is 0.214 e. The van der Waals surface area contributed by atoms with Crippen molar-refractivity contribution in [2.75, 3.05) is 25.4 Å². The van der Waals surface area contributed by atoms with Crippen molar-refractivity contribution in [2.45, 2.75) is 51.5 Å². The predicted octanol–water partition coefficient (Wildman–Crippen LogP) is 1.58. The van der Waals surface area contributed by atoms with Gasteiger partial charge in [-0.2, -0.15) is 4.31 Å². The zero-order valence-electron chi connectivity index (χ0n) is 11.4. The first-order valence-corrected chi connectivity index (χ1v) is 8.96. The molecule has 0 amide bonds. The van der Waals surface area contributed by atoms with Crippen molar-refractivity contribution in [1.29, 1.82) is 0 Å². The van der Waals surface area contributed by atoms with Gasteiger partial charge in [0.2, 0.25) is 10.0 Å². The van der Waals surface area contributed by atoms with Crippen molar-refractivity contribution >= 4 is 10.0 Å². The molecule has 2 aliphatic rings. The normalized spacial score (nSPS) is 29.4. The Morgan fingerprint density at radius 2 is 2.00 bits per heavy atom. The van der Waals surface area contributed by atoms with Gasteiger partial charge in [0.15, 0.2) is 0 Å². The van der Waals surface area contributed by atoms with E-state index < -0.39 is 10.0 Å². The Bertz CT molecular complexity index is 356. The first-order valence-electron chi connectivity index (χ1n) is 7.35. The highest BCUT2D eigenvalue weighted by Crippen LogP contribution is 2.37. The Morgan fingerprint density at radius 1 is 1.22 bits per heavy atom. The highest BCUT2D eigenvalue weighted by molar-refractivity contribution is 7.89. The number of hydrogen-bond acceptors (Lipinski definition) is 3. The molecule has 0 aromatic heterocycles. The fourth-order valence-corrected chi connectivity index (χ4v) is 5.20. The van der Waals surface area contributed by atoms with Gasteiger partial charge in [-0.25, -0.2) is 8.42 Å². The van der Waals surface area contributed by atoms with E-state index in [-0.39, 0.29) is 0 Å². The fraction of sp³-hybridized carbons (Fsp3) is 1.00. The molecule has 18 heavy (non-hydrogen) atoms. The summed E-state index contributed by atoms with van der Waals surface area (Å²) in [4.78, 5) is 0. The largest absolute Gasteiger partial charge is 0.317 e. The van der Waals surface area contributed by atoms with Crippen molar-refractivity contribution in [3.8, 4) is 0 Å². The topological polar surface area (TPSA) is 49.4 Å². The van der Waals surface area contributed by atoms with Crippen LogP contribution in [-0.4, -0.2) is 44.2 Å². The van der Waals surface area contributed by atoms with Gasteiger partial charge in [-0.1, -0.05) is 19.8 Å². The van der Waals surface area contributed by atoms with Gasteiger partial charge in [0.05, 0.1) is 5.75 Å². The fourth-order valence-electron chi connectivity index (χ4n) is 3.38. The molecular formula is C13H26N2O2S. The summed E-state index contributed by atoms with van der Waals surface area (Å²) in [5.41, 5.74) is 0. The van der Waals surface area contributed by atoms with Crippen molar-refractivity contribution in [2.24, 2.45) is 5.92 Å². The molecule has 5 heteroatoms. The molecule has 2 atom stereocenters. The van der Waals surface area contributed by atoms with Crippen molar-refractivity contribution in [3.63, 3.8) is 0 Å². The lowest BCUT2D eigenvalue weighted by Crippen LogP contribution is -2.40. The molecule has 106 valence electrons. The molecule has 0 radical (unpaired) electrons. The molecule has 0 bridgehead atoms. The Morgan fingerprint density at radius 3 is 2.78 bits per heavy atom. The lowest BCUT2D eigenvalue weighted by Gasteiger charge is -2.31. The van der Waals surface area contributed by atoms with Crippen LogP contribution in [0.15, 0.2) is 0 Å². The Labute approximate surface area is 111 Å². The van der Waals surface area contributed by atoms with Crippen LogP contribution in [0.1, 0.15) is 45.4 Å². The SMILES string of the molecule is CCNCCCS(=O)(=O)N1CCC2CCCCC21. The summed E-state index contributed by atoms with van der Waals surface area (Å²) in [6.45, 7) is 4.52. The van der Waals surface area contributed by atoms with Gasteiger partial charge in [-0.15, -0.1) is 0 Å². The molecule has 1 aliphatic carbocycles. The number of nitrogens with one attached hydrogen (secondary N) is 1. The van der Waals surface area contributed by atoms with E-state index in [0.717, 1.165) is 38.9 Å². The molecular weight excluding hydrogens is 248 g/mol. The number of hydrogen-bond donors (Lipinski definition) is 1. The maximum atomic E-state index is 12.3. The van der Waals surface area contributed by atoms with Crippen LogP contribution in [0.5, 0.6) is 0 Å². The summed E-state index contributed by atoms with van der Waals surface area (Å²) >= 11 is 0. The molecule has 1 saturated carbocycles. The summed E-state index contributed by atoms with van der Waals surface area (Å²) in [5.74, 6) is 0.950. The van der Waals surface area contributed by atoms with Crippen LogP contribution in [0.4, 0.5) is 0 Å². The minimum atomic E-state index is -3.02. The molecule has 1 N–H and O–H groups in total. The van der Waals surface area contributed by atoms with E-state index in [1.165, 1.54) is 19.3 Å². The lowest BCUT2D eigenvalue weighted by atomic mass is 9.86. The number of nitrogens with zero attached hydrogens (tertiary/aromatic N) is 1. The second kappa shape index (κ2) is 6.35. The number of sulfonamides is 1. The molecule has 1 saturated heterocycles. The van der Waals surface area contributed by atoms with E-state index in [1.54, 1.807) is 0 Å². The van der Waals surface area contributed by atoms with E-state index in [9.17, 15) is 8.42 Å². The third-order valence-electron chi connectivity index (χ3n) is 4.32. The average Bonchev–Trinajstić information content (AvgIpc) is 2.79. The van der Waals surface area contributed by atoms with Gasteiger partial charge in [0.1, 0.15) is 0 Å². The molecule has 2 unspecified atom stereocenters. The Kier molecular flexibility index (Phi) is 5.04. The average molecular weight is 274 g/mol. The first kappa shape index (κ1) is 14.3. The van der Waals surface area contributed by atoms with Crippen LogP contribution in [0, 0.1) is 5.92 Å². The molecule has 1 heterocycles. The van der Waals surface area contributed by atoms with Gasteiger partial charge < -0.3 is 5.32 Å². The van der Waals surface area contributed by atoms with Crippen molar-refractivity contribution in [1.82, 2.24) is 9.62 Å². The Hall–Kier alpha value is -0.130. The van der Waals surface area contributed by atoms with Gasteiger partial charge in [0.25, 0.3) is 0 Å². The molecule has 4 nitrogen and oxygen atoms in total. The van der Waals surface area contributed by atoms with Crippen molar-refractivity contribution < 1.29 is 8.42 Å². The minimum Gasteiger partial charge on any atom is -0.317 e. The standard InChI is InChI=1S/C13H26N2O2S/c1-2-14-9-5-11-18(16,17)15-10-8-12-6-3-4-7-13(12)15/h12-14H,2-11H2,1H3. The minimum absolute atomic E-state index is 0.309. The maximum Gasteiger partial charge on any atom is 0.214 e. The third-order valence-corrected chi connectivity index (χ3v) is 6.29. The number of rotatable bonds is 6. The quantitative estimate of drug-likeness (QED) is 0.748. The van der Waals surface area contributed by atoms with Crippen LogP contribution in [0.2, 0.25) is 0 Å². The monoisotopic (exact) mass is 274 g/mol. The van der Waals surface area contributed by atoms with Crippen LogP contribution >= 0.6 is 0 Å². The molecule has 2 rings (SSSR count). The second-order valence-electron chi connectivity index (χ2n) is 5.53. The van der Waals surface area contributed by atoms with Crippen molar-refractivity contribution in [3.05, 3.63) is 0 Å². The van der Waals surface area contributed by atoms with Crippen LogP contribution in [0.25, 0.3) is 0 Å². The van der Waals surface area contributed by atoms with E-state index >= 15 is 0 Å². The molecule has 0 spiro atoms. The highest BCUT2D eigenvalue weighted by Gasteiger charge is 2.41. The van der Waals surface area contributed by atoms with E-state index in [1.807, 2.05) is 11.2 Å². The highest BCUT2D eigenvalue weighted by atomic mass is 32.2. The summed E-state index contributed by atoms with van der Waals surface area (Å²) < 4.78 is 26.5. The first-order chi connectivity index (χ1) is 8.65. The summed E-state index contributed by atoms with van der Waals surface area (Å²) in [6.07, 6.45) is 6.60. The van der Waals surface area contributed by atoms with Crippen LogP contribution in [-0.2, 0) is 10.0 Å². The molecule has 0 aromatic rings. The summed E-state index contributed by atoms with van der Waals surface area (Å²) in [7, 11) is -3.02. The van der Waals surface area contributed by atoms with E-state index in [0.29, 0.717) is 17.7 Å². The lowest BCUT2D eigenvalue weighted by molar-refractivity contribution is 0.260. The van der Waals surface area contributed by atoms with Gasteiger partial charge in [0, 0.05) is 12.6 Å². The van der Waals surface area contributed by atoms with Gasteiger partial charge in [-0.3, -0.25) is 0 Å². The predicted molar refractivity (Wildman–Crippen MR) is 74.0 cm³/mol. The maximum absolute atomic E-state index is 12.3. The molecule has 1 aliphatic heterocycles. The van der Waals surface area contributed by atoms with Gasteiger partial charge in [-0.05, 0) is 44.7 Å². The third kappa shape index (κ3) is 3.25. The van der Waals surface area contributed by atoms with Crippen LogP contribution < -0.4 is 5.32 Å².